The third-order valence-corrected chi connectivity index (χ3v) is 7.75. The van der Waals surface area contributed by atoms with Crippen molar-refractivity contribution < 1.29 is 19.2 Å². The number of rotatable bonds is 5. The molecule has 2 aromatic carbocycles. The van der Waals surface area contributed by atoms with Crippen molar-refractivity contribution in [1.29, 1.82) is 0 Å². The smallest absolute Gasteiger partial charge is 0.313 e. The Labute approximate surface area is 232 Å². The average molecular weight is 539 g/mol. The number of benzene rings is 2. The van der Waals surface area contributed by atoms with Crippen molar-refractivity contribution in [1.82, 2.24) is 14.8 Å². The fraction of sp³-hybridized carbons (Fsp3) is 0.333. The van der Waals surface area contributed by atoms with E-state index in [1.807, 2.05) is 32.0 Å². The van der Waals surface area contributed by atoms with Crippen LogP contribution in [0, 0.1) is 12.5 Å². The third-order valence-electron chi connectivity index (χ3n) is 7.75. The van der Waals surface area contributed by atoms with Gasteiger partial charge in [-0.3, -0.25) is 33.9 Å². The van der Waals surface area contributed by atoms with Crippen LogP contribution >= 0.6 is 0 Å². The van der Waals surface area contributed by atoms with E-state index >= 15 is 0 Å². The van der Waals surface area contributed by atoms with Crippen molar-refractivity contribution in [3.8, 4) is 0 Å². The predicted molar refractivity (Wildman–Crippen MR) is 150 cm³/mol. The highest BCUT2D eigenvalue weighted by Crippen LogP contribution is 2.47. The summed E-state index contributed by atoms with van der Waals surface area (Å²) in [6.45, 7) is 11.7. The molecule has 1 fully saturated rings. The summed E-state index contributed by atoms with van der Waals surface area (Å²) >= 11 is 0. The van der Waals surface area contributed by atoms with Crippen LogP contribution in [0.2, 0.25) is 0 Å². The Morgan fingerprint density at radius 2 is 1.98 bits per heavy atom. The summed E-state index contributed by atoms with van der Waals surface area (Å²) < 4.78 is 0. The second-order valence-corrected chi connectivity index (χ2v) is 10.8. The minimum atomic E-state index is -1.03. The van der Waals surface area contributed by atoms with Crippen LogP contribution < -0.4 is 10.6 Å². The van der Waals surface area contributed by atoms with Crippen molar-refractivity contribution in [2.45, 2.75) is 44.3 Å². The van der Waals surface area contributed by atoms with E-state index in [1.165, 1.54) is 11.9 Å². The number of nitrogens with zero attached hydrogens (tertiary/aromatic N) is 4. The average Bonchev–Trinajstić information content (AvgIpc) is 3.48. The molecule has 0 saturated carbocycles. The molecule has 3 aromatic rings. The van der Waals surface area contributed by atoms with E-state index in [2.05, 4.69) is 20.5 Å². The maximum absolute atomic E-state index is 14.0. The predicted octanol–water partition coefficient (Wildman–Crippen LogP) is 3.41. The lowest BCUT2D eigenvalue weighted by atomic mass is 9.80. The third kappa shape index (κ3) is 4.64. The number of hydrogen-bond donors (Lipinski definition) is 2. The maximum Gasteiger partial charge on any atom is 0.313 e. The molecule has 3 heterocycles. The number of carbonyl (C=O) groups excluding carboxylic acids is 4. The molecule has 1 saturated heterocycles. The standard InChI is InChI=1S/C30H30N6O4/c1-18(2)13-24(35(4)28(39)26(37)33-21-10-9-20-16-32-12-11-19(20)14-21)27(38)36-17-30(15-25(36)31-3)22-7-5-6-8-23(22)34-29(30)40/h5-12,14,16,18,24-25H,13,15,17H2,1-2,4H3,(H,33,37)(H,34,40)/t24-,25-,30-/m0/s1. The highest BCUT2D eigenvalue weighted by atomic mass is 16.2. The summed E-state index contributed by atoms with van der Waals surface area (Å²) in [7, 11) is 1.43. The number of carbonyl (C=O) groups is 4. The van der Waals surface area contributed by atoms with Crippen LogP contribution in [-0.4, -0.2) is 64.2 Å². The molecule has 0 bridgehead atoms. The molecule has 1 aromatic heterocycles. The minimum absolute atomic E-state index is 0.0137. The lowest BCUT2D eigenvalue weighted by Crippen LogP contribution is -2.53. The fourth-order valence-electron chi connectivity index (χ4n) is 5.67. The zero-order valence-corrected chi connectivity index (χ0v) is 22.5. The van der Waals surface area contributed by atoms with Crippen LogP contribution in [0.15, 0.2) is 60.9 Å². The first kappa shape index (κ1) is 26.8. The molecule has 4 amide bonds. The van der Waals surface area contributed by atoms with E-state index in [0.29, 0.717) is 11.4 Å². The van der Waals surface area contributed by atoms with Crippen LogP contribution in [0.5, 0.6) is 0 Å². The van der Waals surface area contributed by atoms with Crippen molar-refractivity contribution >= 4 is 45.8 Å². The Balaban J connectivity index is 1.37. The van der Waals surface area contributed by atoms with E-state index in [9.17, 15) is 19.2 Å². The molecular formula is C30H30N6O4. The molecule has 40 heavy (non-hydrogen) atoms. The summed E-state index contributed by atoms with van der Waals surface area (Å²) in [4.78, 5) is 63.7. The van der Waals surface area contributed by atoms with Crippen molar-refractivity contribution in [3.05, 3.63) is 77.9 Å². The molecule has 0 radical (unpaired) electrons. The van der Waals surface area contributed by atoms with E-state index < -0.39 is 35.3 Å². The van der Waals surface area contributed by atoms with Crippen LogP contribution in [0.1, 0.15) is 32.3 Å². The van der Waals surface area contributed by atoms with Crippen LogP contribution in [0.25, 0.3) is 15.6 Å². The van der Waals surface area contributed by atoms with Gasteiger partial charge in [0.2, 0.25) is 5.91 Å². The lowest BCUT2D eigenvalue weighted by molar-refractivity contribution is -0.149. The zero-order valence-electron chi connectivity index (χ0n) is 22.5. The molecule has 1 spiro atoms. The minimum Gasteiger partial charge on any atom is -0.325 e. The number of para-hydroxylation sites is 1. The molecule has 204 valence electrons. The van der Waals surface area contributed by atoms with Crippen molar-refractivity contribution in [3.63, 3.8) is 0 Å². The van der Waals surface area contributed by atoms with Gasteiger partial charge in [0.1, 0.15) is 11.5 Å². The largest absolute Gasteiger partial charge is 0.325 e. The summed E-state index contributed by atoms with van der Waals surface area (Å²) in [6.07, 6.45) is 2.92. The number of pyridine rings is 1. The molecular weight excluding hydrogens is 508 g/mol. The first-order valence-corrected chi connectivity index (χ1v) is 13.1. The van der Waals surface area contributed by atoms with Gasteiger partial charge in [-0.25, -0.2) is 6.57 Å². The highest BCUT2D eigenvalue weighted by Gasteiger charge is 2.59. The number of fused-ring (bicyclic) bond motifs is 3. The summed E-state index contributed by atoms with van der Waals surface area (Å²) in [5, 5.41) is 7.26. The van der Waals surface area contributed by atoms with Gasteiger partial charge in [-0.2, -0.15) is 0 Å². The molecule has 2 N–H and O–H groups in total. The molecule has 2 aliphatic heterocycles. The Kier molecular flexibility index (Phi) is 6.98. The number of likely N-dealkylation sites (tertiary alicyclic amines) is 1. The van der Waals surface area contributed by atoms with Gasteiger partial charge in [-0.05, 0) is 47.6 Å². The van der Waals surface area contributed by atoms with Gasteiger partial charge >= 0.3 is 18.0 Å². The molecule has 0 aliphatic carbocycles. The number of likely N-dealkylation sites (N-methyl/N-ethyl adjacent to an activating group) is 1. The Hall–Kier alpha value is -4.78. The second kappa shape index (κ2) is 10.4. The van der Waals surface area contributed by atoms with Crippen molar-refractivity contribution in [2.24, 2.45) is 5.92 Å². The number of amides is 4. The van der Waals surface area contributed by atoms with Crippen molar-refractivity contribution in [2.75, 3.05) is 24.2 Å². The van der Waals surface area contributed by atoms with Gasteiger partial charge in [0, 0.05) is 42.7 Å². The van der Waals surface area contributed by atoms with Gasteiger partial charge in [0.05, 0.1) is 6.42 Å². The summed E-state index contributed by atoms with van der Waals surface area (Å²) in [5.74, 6) is -2.43. The normalized spacial score (nSPS) is 20.2. The molecule has 10 nitrogen and oxygen atoms in total. The molecule has 0 unspecified atom stereocenters. The van der Waals surface area contributed by atoms with Gasteiger partial charge < -0.3 is 15.5 Å². The number of hydrogen-bond acceptors (Lipinski definition) is 5. The second-order valence-electron chi connectivity index (χ2n) is 10.8. The molecule has 3 atom stereocenters. The molecule has 5 rings (SSSR count). The van der Waals surface area contributed by atoms with E-state index in [-0.39, 0.29) is 31.2 Å². The van der Waals surface area contributed by atoms with Gasteiger partial charge in [-0.1, -0.05) is 38.1 Å². The topological polar surface area (TPSA) is 116 Å². The van der Waals surface area contributed by atoms with Crippen LogP contribution in [0.3, 0.4) is 0 Å². The van der Waals surface area contributed by atoms with E-state index in [1.54, 1.807) is 42.7 Å². The Morgan fingerprint density at radius 3 is 2.73 bits per heavy atom. The summed E-state index contributed by atoms with van der Waals surface area (Å²) in [6, 6.07) is 13.3. The summed E-state index contributed by atoms with van der Waals surface area (Å²) in [5.41, 5.74) is 0.852. The first-order chi connectivity index (χ1) is 19.1. The maximum atomic E-state index is 14.0. The quantitative estimate of drug-likeness (QED) is 0.382. The Bertz CT molecular complexity index is 1560. The van der Waals surface area contributed by atoms with Crippen LogP contribution in [0.4, 0.5) is 11.4 Å². The fourth-order valence-corrected chi connectivity index (χ4v) is 5.67. The van der Waals surface area contributed by atoms with Gasteiger partial charge in [0.25, 0.3) is 5.91 Å². The zero-order chi connectivity index (χ0) is 28.6. The first-order valence-electron chi connectivity index (χ1n) is 13.1. The molecule has 10 heteroatoms. The van der Waals surface area contributed by atoms with Crippen LogP contribution in [-0.2, 0) is 24.6 Å². The van der Waals surface area contributed by atoms with Gasteiger partial charge in [-0.15, -0.1) is 0 Å². The van der Waals surface area contributed by atoms with Gasteiger partial charge in [0.15, 0.2) is 0 Å². The Morgan fingerprint density at radius 1 is 1.20 bits per heavy atom. The monoisotopic (exact) mass is 538 g/mol. The number of anilines is 2. The number of nitrogens with one attached hydrogen (secondary N) is 2. The van der Waals surface area contributed by atoms with E-state index in [4.69, 9.17) is 6.57 Å². The number of aromatic nitrogens is 1. The SMILES string of the molecule is [C-]#[N+][C@@H]1C[C@@]2(CN1C(=O)[C@H](CC(C)C)N(C)C(=O)C(=O)Nc1ccc3cnccc3c1)C(=O)Nc1ccccc12. The van der Waals surface area contributed by atoms with E-state index in [0.717, 1.165) is 21.2 Å². The molecule has 2 aliphatic rings. The lowest BCUT2D eigenvalue weighted by Gasteiger charge is -2.31. The highest BCUT2D eigenvalue weighted by molar-refractivity contribution is 6.40.